The zero-order valence-electron chi connectivity index (χ0n) is 19.4. The Hall–Kier alpha value is -2.18. The molecule has 5 nitrogen and oxygen atoms in total. The van der Waals surface area contributed by atoms with Gasteiger partial charge in [-0.3, -0.25) is 9.59 Å². The van der Waals surface area contributed by atoms with E-state index in [0.717, 1.165) is 49.1 Å². The van der Waals surface area contributed by atoms with Crippen LogP contribution in [0.3, 0.4) is 0 Å². The molecule has 2 fully saturated rings. The van der Waals surface area contributed by atoms with Gasteiger partial charge in [0.15, 0.2) is 0 Å². The molecule has 1 aliphatic carbocycles. The van der Waals surface area contributed by atoms with Crippen LogP contribution in [0.15, 0.2) is 41.8 Å². The highest BCUT2D eigenvalue weighted by Gasteiger charge is 2.47. The van der Waals surface area contributed by atoms with Crippen LogP contribution in [0.25, 0.3) is 0 Å². The predicted octanol–water partition coefficient (Wildman–Crippen LogP) is 4.96. The number of amides is 2. The quantitative estimate of drug-likeness (QED) is 0.588. The fraction of sp³-hybridized carbons (Fsp3) is 0.556. The molecule has 176 valence electrons. The van der Waals surface area contributed by atoms with Crippen LogP contribution < -0.4 is 5.32 Å². The number of thiophene rings is 1. The Balaban J connectivity index is 1.39. The number of nitrogens with zero attached hydrogens (tertiary/aromatic N) is 2. The molecule has 2 aliphatic heterocycles. The zero-order chi connectivity index (χ0) is 22.6. The van der Waals surface area contributed by atoms with Gasteiger partial charge >= 0.3 is 0 Å². The van der Waals surface area contributed by atoms with Crippen molar-refractivity contribution in [1.29, 1.82) is 0 Å². The van der Waals surface area contributed by atoms with Crippen molar-refractivity contribution in [3.05, 3.63) is 57.8 Å². The van der Waals surface area contributed by atoms with Crippen LogP contribution in [0.5, 0.6) is 0 Å². The molecule has 1 aromatic carbocycles. The summed E-state index contributed by atoms with van der Waals surface area (Å²) in [6.07, 6.45) is 9.25. The Kier molecular flexibility index (Phi) is 7.12. The van der Waals surface area contributed by atoms with Gasteiger partial charge in [0.1, 0.15) is 0 Å². The molecule has 3 heterocycles. The minimum absolute atomic E-state index is 0.0509. The van der Waals surface area contributed by atoms with Gasteiger partial charge in [0, 0.05) is 23.0 Å². The summed E-state index contributed by atoms with van der Waals surface area (Å²) < 4.78 is 0. The molecule has 0 bridgehead atoms. The monoisotopic (exact) mass is 465 g/mol. The zero-order valence-corrected chi connectivity index (χ0v) is 20.2. The van der Waals surface area contributed by atoms with E-state index in [4.69, 9.17) is 0 Å². The molecule has 2 atom stereocenters. The first-order valence-corrected chi connectivity index (χ1v) is 13.6. The molecule has 1 aromatic heterocycles. The summed E-state index contributed by atoms with van der Waals surface area (Å²) in [7, 11) is 0. The van der Waals surface area contributed by atoms with Crippen LogP contribution >= 0.6 is 11.3 Å². The summed E-state index contributed by atoms with van der Waals surface area (Å²) in [5, 5.41) is 5.31. The van der Waals surface area contributed by atoms with Crippen molar-refractivity contribution in [3.63, 3.8) is 0 Å². The molecule has 2 amide bonds. The second-order valence-corrected chi connectivity index (χ2v) is 10.7. The summed E-state index contributed by atoms with van der Waals surface area (Å²) >= 11 is 1.66. The molecule has 5 rings (SSSR count). The average Bonchev–Trinajstić information content (AvgIpc) is 3.57. The molecule has 0 unspecified atom stereocenters. The minimum atomic E-state index is -0.367. The van der Waals surface area contributed by atoms with E-state index < -0.39 is 0 Å². The Labute approximate surface area is 201 Å². The maximum Gasteiger partial charge on any atom is 0.254 e. The molecular formula is C27H35N3O2S. The summed E-state index contributed by atoms with van der Waals surface area (Å²) in [4.78, 5) is 33.1. The first-order chi connectivity index (χ1) is 16.2. The Morgan fingerprint density at radius 1 is 1.00 bits per heavy atom. The number of carbonyl (C=O) groups excluding carboxylic acids is 2. The number of hydrogen-bond donors (Lipinski definition) is 1. The molecule has 1 saturated heterocycles. The fourth-order valence-electron chi connectivity index (χ4n) is 5.99. The van der Waals surface area contributed by atoms with Crippen molar-refractivity contribution in [1.82, 2.24) is 15.1 Å². The van der Waals surface area contributed by atoms with Crippen molar-refractivity contribution in [3.8, 4) is 0 Å². The molecule has 0 spiro atoms. The summed E-state index contributed by atoms with van der Waals surface area (Å²) in [6.45, 7) is 4.09. The highest BCUT2D eigenvalue weighted by Crippen LogP contribution is 2.47. The van der Waals surface area contributed by atoms with Gasteiger partial charge in [-0.05, 0) is 74.8 Å². The molecule has 3 aliphatic rings. The van der Waals surface area contributed by atoms with Gasteiger partial charge in [0.2, 0.25) is 5.91 Å². The van der Waals surface area contributed by atoms with Gasteiger partial charge in [-0.15, -0.1) is 11.3 Å². The van der Waals surface area contributed by atoms with E-state index in [1.807, 2.05) is 30.3 Å². The molecular weight excluding hydrogens is 430 g/mol. The molecule has 2 aromatic rings. The lowest BCUT2D eigenvalue weighted by atomic mass is 9.80. The van der Waals surface area contributed by atoms with Crippen LogP contribution in [-0.4, -0.2) is 53.8 Å². The Morgan fingerprint density at radius 2 is 1.79 bits per heavy atom. The van der Waals surface area contributed by atoms with Crippen molar-refractivity contribution in [2.45, 2.75) is 69.4 Å². The van der Waals surface area contributed by atoms with Gasteiger partial charge in [0.05, 0.1) is 12.0 Å². The molecule has 33 heavy (non-hydrogen) atoms. The second kappa shape index (κ2) is 10.4. The smallest absolute Gasteiger partial charge is 0.254 e. The van der Waals surface area contributed by atoms with Crippen LogP contribution in [-0.2, 0) is 4.79 Å². The topological polar surface area (TPSA) is 52.7 Å². The highest BCUT2D eigenvalue weighted by molar-refractivity contribution is 7.10. The van der Waals surface area contributed by atoms with E-state index in [0.29, 0.717) is 12.1 Å². The number of piperidine rings is 1. The van der Waals surface area contributed by atoms with Gasteiger partial charge in [-0.2, -0.15) is 0 Å². The van der Waals surface area contributed by atoms with E-state index in [2.05, 4.69) is 26.6 Å². The van der Waals surface area contributed by atoms with Crippen molar-refractivity contribution in [2.24, 2.45) is 0 Å². The number of likely N-dealkylation sites (tertiary alicyclic amines) is 1. The largest absolute Gasteiger partial charge is 0.355 e. The van der Waals surface area contributed by atoms with Crippen LogP contribution in [0.2, 0.25) is 0 Å². The number of hydrogen-bond acceptors (Lipinski definition) is 4. The Morgan fingerprint density at radius 3 is 2.55 bits per heavy atom. The first kappa shape index (κ1) is 22.6. The van der Waals surface area contributed by atoms with Gasteiger partial charge in [-0.1, -0.05) is 43.5 Å². The highest BCUT2D eigenvalue weighted by atomic mass is 32.1. The van der Waals surface area contributed by atoms with E-state index in [1.165, 1.54) is 32.4 Å². The van der Waals surface area contributed by atoms with Crippen LogP contribution in [0.1, 0.15) is 84.1 Å². The van der Waals surface area contributed by atoms with E-state index in [1.54, 1.807) is 11.3 Å². The lowest BCUT2D eigenvalue weighted by molar-refractivity contribution is -0.124. The summed E-state index contributed by atoms with van der Waals surface area (Å²) in [5.41, 5.74) is 1.58. The molecule has 1 saturated carbocycles. The van der Waals surface area contributed by atoms with E-state index in [-0.39, 0.29) is 29.8 Å². The van der Waals surface area contributed by atoms with E-state index >= 15 is 0 Å². The van der Waals surface area contributed by atoms with Crippen molar-refractivity contribution >= 4 is 23.2 Å². The van der Waals surface area contributed by atoms with Crippen molar-refractivity contribution < 1.29 is 9.59 Å². The molecule has 1 N–H and O–H groups in total. The number of rotatable bonds is 7. The first-order valence-electron chi connectivity index (χ1n) is 12.7. The van der Waals surface area contributed by atoms with Crippen LogP contribution in [0.4, 0.5) is 0 Å². The number of carbonyl (C=O) groups is 2. The maximum absolute atomic E-state index is 13.7. The fourth-order valence-corrected chi connectivity index (χ4v) is 6.85. The normalized spacial score (nSPS) is 24.1. The van der Waals surface area contributed by atoms with Crippen molar-refractivity contribution in [2.75, 3.05) is 26.2 Å². The van der Waals surface area contributed by atoms with Gasteiger partial charge < -0.3 is 15.1 Å². The number of fused-ring (bicyclic) bond motifs is 1. The SMILES string of the molecule is O=C(NCCCN1CCCCC1)[C@H]1c2ccccc2C(=O)N(C2CCCC2)[C@@H]1c1cccs1. The minimum Gasteiger partial charge on any atom is -0.355 e. The Bertz CT molecular complexity index is 948. The van der Waals surface area contributed by atoms with E-state index in [9.17, 15) is 9.59 Å². The lowest BCUT2D eigenvalue weighted by Crippen LogP contribution is -2.50. The standard InChI is InChI=1S/C27H35N3O2S/c31-26(28-15-9-18-29-16-6-1-7-17-29)24-21-12-4-5-13-22(21)27(32)30(20-10-2-3-11-20)25(24)23-14-8-19-33-23/h4-5,8,12-14,19-20,24-25H,1-3,6-7,9-11,15-18H2,(H,28,31)/t24-,25+/m0/s1. The second-order valence-electron chi connectivity index (χ2n) is 9.72. The average molecular weight is 466 g/mol. The number of nitrogens with one attached hydrogen (secondary N) is 1. The third kappa shape index (κ3) is 4.73. The summed E-state index contributed by atoms with van der Waals surface area (Å²) in [6, 6.07) is 11.9. The van der Waals surface area contributed by atoms with Gasteiger partial charge in [-0.25, -0.2) is 0 Å². The predicted molar refractivity (Wildman–Crippen MR) is 133 cm³/mol. The third-order valence-electron chi connectivity index (χ3n) is 7.61. The van der Waals surface area contributed by atoms with Crippen LogP contribution in [0, 0.1) is 0 Å². The lowest BCUT2D eigenvalue weighted by Gasteiger charge is -2.44. The molecule has 6 heteroatoms. The summed E-state index contributed by atoms with van der Waals surface area (Å²) in [5.74, 6) is -0.229. The number of benzene rings is 1. The third-order valence-corrected chi connectivity index (χ3v) is 8.55. The maximum atomic E-state index is 13.7. The van der Waals surface area contributed by atoms with Gasteiger partial charge in [0.25, 0.3) is 5.91 Å². The molecule has 0 radical (unpaired) electrons.